The van der Waals surface area contributed by atoms with Crippen LogP contribution in [0.15, 0.2) is 41.3 Å². The van der Waals surface area contributed by atoms with E-state index in [0.717, 1.165) is 6.07 Å². The van der Waals surface area contributed by atoms with Crippen molar-refractivity contribution in [2.45, 2.75) is 37.4 Å². The molecule has 0 amide bonds. The predicted octanol–water partition coefficient (Wildman–Crippen LogP) is 3.40. The number of anilines is 1. The first kappa shape index (κ1) is 29.1. The van der Waals surface area contributed by atoms with Gasteiger partial charge in [-0.3, -0.25) is 0 Å². The van der Waals surface area contributed by atoms with Gasteiger partial charge in [-0.1, -0.05) is 42.3 Å². The molecule has 1 fully saturated rings. The van der Waals surface area contributed by atoms with Crippen LogP contribution >= 0.6 is 12.2 Å². The molecule has 6 nitrogen and oxygen atoms in total. The molecule has 1 atom stereocenters. The van der Waals surface area contributed by atoms with Crippen LogP contribution in [0.4, 0.5) is 32.0 Å². The molecule has 0 bridgehead atoms. The molecule has 202 valence electrons. The summed E-state index contributed by atoms with van der Waals surface area (Å²) in [6.07, 6.45) is -8.40. The van der Waals surface area contributed by atoms with Crippen LogP contribution in [0.2, 0.25) is 0 Å². The lowest BCUT2D eigenvalue weighted by atomic mass is 9.90. The number of allylic oxidation sites excluding steroid dienone is 4. The maximum absolute atomic E-state index is 13.4. The van der Waals surface area contributed by atoms with Crippen LogP contribution in [-0.4, -0.2) is 72.4 Å². The van der Waals surface area contributed by atoms with Crippen LogP contribution in [0.1, 0.15) is 24.5 Å². The Morgan fingerprint density at radius 1 is 1.05 bits per heavy atom. The molecule has 1 aliphatic carbocycles. The van der Waals surface area contributed by atoms with Crippen molar-refractivity contribution in [3.05, 3.63) is 52.5 Å². The van der Waals surface area contributed by atoms with Crippen molar-refractivity contribution < 1.29 is 45.0 Å². The number of thiocarbonyl (C=S) groups is 1. The number of aliphatic hydroxyl groups is 2. The Labute approximate surface area is 214 Å². The molecular weight excluding hydrogens is 546 g/mol. The number of aliphatic hydroxyl groups excluding tert-OH is 1. The van der Waals surface area contributed by atoms with E-state index in [9.17, 15) is 45.0 Å². The predicted molar refractivity (Wildman–Crippen MR) is 128 cm³/mol. The monoisotopic (exact) mass is 568 g/mol. The van der Waals surface area contributed by atoms with E-state index in [4.69, 9.17) is 12.2 Å². The van der Waals surface area contributed by atoms with E-state index in [1.54, 1.807) is 17.1 Å². The van der Waals surface area contributed by atoms with Crippen LogP contribution in [-0.2, 0) is 15.6 Å². The Morgan fingerprint density at radius 2 is 1.65 bits per heavy atom. The highest BCUT2D eigenvalue weighted by molar-refractivity contribution is 7.96. The minimum Gasteiger partial charge on any atom is -0.381 e. The Morgan fingerprint density at radius 3 is 2.16 bits per heavy atom. The summed E-state index contributed by atoms with van der Waals surface area (Å²) in [7, 11) is -3.90. The topological polar surface area (TPSA) is 81.1 Å². The fourth-order valence-electron chi connectivity index (χ4n) is 3.87. The highest BCUT2D eigenvalue weighted by Crippen LogP contribution is 2.50. The van der Waals surface area contributed by atoms with E-state index < -0.39 is 39.6 Å². The SMILES string of the molecule is CC(O)C#Cc1cc(C(O)(C(F)(F)F)C(F)(F)F)ccc1N1CCN(S(=O)(=O)C2=CC=CCC2=S)CC1. The Balaban J connectivity index is 1.96. The van der Waals surface area contributed by atoms with Gasteiger partial charge in [0.25, 0.3) is 5.60 Å². The highest BCUT2D eigenvalue weighted by Gasteiger charge is 2.71. The van der Waals surface area contributed by atoms with Crippen LogP contribution in [0, 0.1) is 11.8 Å². The molecule has 14 heteroatoms. The number of sulfonamides is 1. The number of nitrogens with zero attached hydrogens (tertiary/aromatic N) is 2. The quantitative estimate of drug-likeness (QED) is 0.330. The number of hydrogen-bond donors (Lipinski definition) is 2. The molecule has 1 unspecified atom stereocenters. The highest BCUT2D eigenvalue weighted by atomic mass is 32.2. The number of rotatable bonds is 4. The van der Waals surface area contributed by atoms with Crippen LogP contribution in [0.3, 0.4) is 0 Å². The van der Waals surface area contributed by atoms with Crippen LogP contribution in [0.25, 0.3) is 0 Å². The molecule has 0 radical (unpaired) electrons. The minimum atomic E-state index is -6.08. The van der Waals surface area contributed by atoms with Gasteiger partial charge in [0, 0.05) is 48.6 Å². The lowest BCUT2D eigenvalue weighted by Gasteiger charge is -2.37. The van der Waals surface area contributed by atoms with Crippen molar-refractivity contribution in [2.75, 3.05) is 31.1 Å². The summed E-state index contributed by atoms with van der Waals surface area (Å²) in [6.45, 7) is 1.26. The van der Waals surface area contributed by atoms with E-state index >= 15 is 0 Å². The van der Waals surface area contributed by atoms with Crippen molar-refractivity contribution in [3.8, 4) is 11.8 Å². The van der Waals surface area contributed by atoms with Crippen molar-refractivity contribution in [2.24, 2.45) is 0 Å². The third-order valence-electron chi connectivity index (χ3n) is 5.81. The van der Waals surface area contributed by atoms with Gasteiger partial charge in [-0.05, 0) is 25.1 Å². The zero-order valence-electron chi connectivity index (χ0n) is 19.3. The van der Waals surface area contributed by atoms with Gasteiger partial charge in [-0.2, -0.15) is 30.6 Å². The average Bonchev–Trinajstić information content (AvgIpc) is 2.81. The van der Waals surface area contributed by atoms with E-state index in [-0.39, 0.29) is 47.2 Å². The molecule has 3 rings (SSSR count). The third-order valence-corrected chi connectivity index (χ3v) is 8.31. The number of alkyl halides is 6. The van der Waals surface area contributed by atoms with Gasteiger partial charge in [0.15, 0.2) is 0 Å². The zero-order chi connectivity index (χ0) is 27.8. The summed E-state index contributed by atoms with van der Waals surface area (Å²) in [6, 6.07) is 1.94. The van der Waals surface area contributed by atoms with Crippen LogP contribution in [0.5, 0.6) is 0 Å². The van der Waals surface area contributed by atoms with Gasteiger partial charge >= 0.3 is 12.4 Å². The minimum absolute atomic E-state index is 0.00452. The lowest BCUT2D eigenvalue weighted by Crippen LogP contribution is -2.54. The van der Waals surface area contributed by atoms with Gasteiger partial charge in [-0.15, -0.1) is 0 Å². The van der Waals surface area contributed by atoms with Gasteiger partial charge < -0.3 is 15.1 Å². The maximum Gasteiger partial charge on any atom is 0.430 e. The van der Waals surface area contributed by atoms with Crippen molar-refractivity contribution in [1.29, 1.82) is 0 Å². The standard InChI is InChI=1S/C23H22F6N2O4S2/c1-15(32)6-7-16-14-17(21(33,22(24,25)26)23(27,28)29)8-9-18(16)30-10-12-31(13-11-30)37(34,35)20-5-3-2-4-19(20)36/h2-3,5,8-9,14-15,32-33H,4,10-13H2,1H3. The number of halogens is 6. The summed E-state index contributed by atoms with van der Waals surface area (Å²) in [5, 5.41) is 19.3. The molecule has 1 heterocycles. The van der Waals surface area contributed by atoms with E-state index in [2.05, 4.69) is 11.8 Å². The Hall–Kier alpha value is -2.44. The largest absolute Gasteiger partial charge is 0.430 e. The third kappa shape index (κ3) is 5.70. The average molecular weight is 569 g/mol. The number of hydrogen-bond acceptors (Lipinski definition) is 6. The zero-order valence-corrected chi connectivity index (χ0v) is 20.9. The molecule has 0 aromatic heterocycles. The second kappa shape index (κ2) is 10.4. The van der Waals surface area contributed by atoms with Gasteiger partial charge in [0.2, 0.25) is 10.0 Å². The number of piperazine rings is 1. The van der Waals surface area contributed by atoms with Crippen molar-refractivity contribution in [1.82, 2.24) is 4.31 Å². The molecule has 1 aromatic rings. The Bertz CT molecular complexity index is 1270. The first-order chi connectivity index (χ1) is 17.0. The fraction of sp³-hybridized carbons (Fsp3) is 0.435. The normalized spacial score (nSPS) is 18.8. The lowest BCUT2D eigenvalue weighted by molar-refractivity contribution is -0.376. The van der Waals surface area contributed by atoms with Gasteiger partial charge in [0.05, 0.1) is 10.6 Å². The van der Waals surface area contributed by atoms with Crippen molar-refractivity contribution in [3.63, 3.8) is 0 Å². The maximum atomic E-state index is 13.4. The molecule has 2 N–H and O–H groups in total. The fourth-order valence-corrected chi connectivity index (χ4v) is 5.89. The molecule has 1 saturated heterocycles. The van der Waals surface area contributed by atoms with Crippen molar-refractivity contribution >= 4 is 32.8 Å². The molecular formula is C23H22F6N2O4S2. The van der Waals surface area contributed by atoms with Gasteiger partial charge in [0.1, 0.15) is 6.10 Å². The second-order valence-electron chi connectivity index (χ2n) is 8.36. The second-order valence-corrected chi connectivity index (χ2v) is 10.8. The summed E-state index contributed by atoms with van der Waals surface area (Å²) in [4.78, 5) is 1.82. The molecule has 37 heavy (non-hydrogen) atoms. The first-order valence-corrected chi connectivity index (χ1v) is 12.7. The van der Waals surface area contributed by atoms with Crippen LogP contribution < -0.4 is 4.90 Å². The van der Waals surface area contributed by atoms with E-state index in [0.29, 0.717) is 18.6 Å². The van der Waals surface area contributed by atoms with Gasteiger partial charge in [-0.25, -0.2) is 8.42 Å². The first-order valence-electron chi connectivity index (χ1n) is 10.8. The summed E-state index contributed by atoms with van der Waals surface area (Å²) in [5.41, 5.74) is -6.82. The molecule has 1 aliphatic heterocycles. The molecule has 0 saturated carbocycles. The van der Waals surface area contributed by atoms with E-state index in [1.165, 1.54) is 17.3 Å². The molecule has 2 aliphatic rings. The smallest absolute Gasteiger partial charge is 0.381 e. The van der Waals surface area contributed by atoms with E-state index in [1.807, 2.05) is 0 Å². The summed E-state index contributed by atoms with van der Waals surface area (Å²) < 4.78 is 108. The molecule has 1 aromatic carbocycles. The summed E-state index contributed by atoms with van der Waals surface area (Å²) >= 11 is 5.15. The molecule has 0 spiro atoms. The Kier molecular flexibility index (Phi) is 8.17. The summed E-state index contributed by atoms with van der Waals surface area (Å²) in [5.74, 6) is 4.65. The number of benzene rings is 1.